The number of hydrogen-bond acceptors (Lipinski definition) is 8. The van der Waals surface area contributed by atoms with Crippen LogP contribution in [0.5, 0.6) is 17.2 Å². The van der Waals surface area contributed by atoms with Gasteiger partial charge in [0, 0.05) is 5.56 Å². The maximum Gasteiger partial charge on any atom is 0.221 e. The average molecular weight is 330 g/mol. The molecular formula is C16H18N4O4. The van der Waals surface area contributed by atoms with E-state index in [1.807, 2.05) is 0 Å². The summed E-state index contributed by atoms with van der Waals surface area (Å²) in [5, 5.41) is 10.3. The summed E-state index contributed by atoms with van der Waals surface area (Å²) in [6.45, 7) is 0. The topological polar surface area (TPSA) is 126 Å². The molecule has 2 aromatic rings. The van der Waals surface area contributed by atoms with Gasteiger partial charge in [0.25, 0.3) is 0 Å². The minimum atomic E-state index is -1.10. The fourth-order valence-electron chi connectivity index (χ4n) is 1.99. The molecule has 0 aliphatic heterocycles. The van der Waals surface area contributed by atoms with Crippen LogP contribution in [0.25, 0.3) is 0 Å². The molecule has 24 heavy (non-hydrogen) atoms. The minimum absolute atomic E-state index is 0.0585. The Balaban J connectivity index is 2.37. The number of nitrogens with two attached hydrogens (primary N) is 2. The number of nitrogen functional groups attached to an aromatic ring is 2. The number of aromatic nitrogens is 2. The zero-order valence-corrected chi connectivity index (χ0v) is 13.5. The fraction of sp³-hybridized carbons (Fsp3) is 0.250. The number of hydrogen-bond donors (Lipinski definition) is 3. The van der Waals surface area contributed by atoms with Crippen LogP contribution in [-0.2, 0) is 0 Å². The second kappa shape index (κ2) is 7.39. The van der Waals surface area contributed by atoms with Crippen molar-refractivity contribution in [1.82, 2.24) is 9.97 Å². The molecule has 0 saturated heterocycles. The molecule has 0 unspecified atom stereocenters. The van der Waals surface area contributed by atoms with Gasteiger partial charge >= 0.3 is 0 Å². The Morgan fingerprint density at radius 2 is 1.71 bits per heavy atom. The van der Waals surface area contributed by atoms with E-state index in [1.165, 1.54) is 27.5 Å². The highest BCUT2D eigenvalue weighted by atomic mass is 16.5. The quantitative estimate of drug-likeness (QED) is 0.701. The standard InChI is InChI=1S/C16H18N4O4/c1-22-12-6-10(7-13(23-2)14(12)24-3)11(21)5-4-9-8-19-16(18)20-15(9)17/h6-8,11,21H,1-3H3,(H4,17,18,19,20)/t11-/m1/s1. The van der Waals surface area contributed by atoms with E-state index in [1.54, 1.807) is 12.1 Å². The molecule has 0 aliphatic rings. The highest BCUT2D eigenvalue weighted by Crippen LogP contribution is 2.39. The molecule has 8 heteroatoms. The maximum absolute atomic E-state index is 10.3. The van der Waals surface area contributed by atoms with Crippen LogP contribution in [0.4, 0.5) is 11.8 Å². The first-order chi connectivity index (χ1) is 11.5. The van der Waals surface area contributed by atoms with Crippen LogP contribution in [0.15, 0.2) is 18.3 Å². The van der Waals surface area contributed by atoms with E-state index >= 15 is 0 Å². The van der Waals surface area contributed by atoms with Gasteiger partial charge in [0.2, 0.25) is 11.7 Å². The zero-order chi connectivity index (χ0) is 17.7. The average Bonchev–Trinajstić information content (AvgIpc) is 2.59. The van der Waals surface area contributed by atoms with E-state index in [0.29, 0.717) is 28.4 Å². The van der Waals surface area contributed by atoms with Gasteiger partial charge in [-0.3, -0.25) is 0 Å². The van der Waals surface area contributed by atoms with Crippen LogP contribution in [0.3, 0.4) is 0 Å². The SMILES string of the molecule is COc1cc([C@H](O)C#Cc2cnc(N)nc2N)cc(OC)c1OC. The number of rotatable bonds is 4. The van der Waals surface area contributed by atoms with Crippen LogP contribution in [-0.4, -0.2) is 36.4 Å². The lowest BCUT2D eigenvalue weighted by Crippen LogP contribution is -2.02. The Kier molecular flexibility index (Phi) is 5.29. The Hall–Kier alpha value is -3.18. The predicted octanol–water partition coefficient (Wildman–Crippen LogP) is 0.752. The van der Waals surface area contributed by atoms with Gasteiger partial charge in [0.15, 0.2) is 11.5 Å². The highest BCUT2D eigenvalue weighted by molar-refractivity contribution is 5.56. The number of ether oxygens (including phenoxy) is 3. The van der Waals surface area contributed by atoms with E-state index in [4.69, 9.17) is 25.7 Å². The summed E-state index contributed by atoms with van der Waals surface area (Å²) < 4.78 is 15.7. The Morgan fingerprint density at radius 3 is 2.21 bits per heavy atom. The van der Waals surface area contributed by atoms with Crippen LogP contribution >= 0.6 is 0 Å². The fourth-order valence-corrected chi connectivity index (χ4v) is 1.99. The lowest BCUT2D eigenvalue weighted by Gasteiger charge is -2.14. The second-order valence-corrected chi connectivity index (χ2v) is 4.66. The summed E-state index contributed by atoms with van der Waals surface area (Å²) in [4.78, 5) is 7.62. The number of aliphatic hydroxyl groups excluding tert-OH is 1. The molecule has 0 bridgehead atoms. The maximum atomic E-state index is 10.3. The molecule has 0 radical (unpaired) electrons. The molecule has 8 nitrogen and oxygen atoms in total. The Labute approximate surface area is 139 Å². The molecule has 0 spiro atoms. The number of benzene rings is 1. The highest BCUT2D eigenvalue weighted by Gasteiger charge is 2.16. The molecule has 0 saturated carbocycles. The lowest BCUT2D eigenvalue weighted by atomic mass is 10.1. The number of nitrogens with zero attached hydrogens (tertiary/aromatic N) is 2. The molecule has 1 heterocycles. The van der Waals surface area contributed by atoms with Crippen molar-refractivity contribution in [3.63, 3.8) is 0 Å². The monoisotopic (exact) mass is 330 g/mol. The van der Waals surface area contributed by atoms with Gasteiger partial charge in [-0.2, -0.15) is 4.98 Å². The summed E-state index contributed by atoms with van der Waals surface area (Å²) >= 11 is 0. The van der Waals surface area contributed by atoms with Gasteiger partial charge in [-0.25, -0.2) is 4.98 Å². The van der Waals surface area contributed by atoms with Gasteiger partial charge < -0.3 is 30.8 Å². The van der Waals surface area contributed by atoms with Crippen molar-refractivity contribution in [2.75, 3.05) is 32.8 Å². The van der Waals surface area contributed by atoms with Gasteiger partial charge in [-0.15, -0.1) is 0 Å². The molecule has 0 amide bonds. The number of methoxy groups -OCH3 is 3. The van der Waals surface area contributed by atoms with E-state index in [0.717, 1.165) is 0 Å². The van der Waals surface area contributed by atoms with Crippen LogP contribution in [0, 0.1) is 11.8 Å². The summed E-state index contributed by atoms with van der Waals surface area (Å²) in [6.07, 6.45) is 0.294. The summed E-state index contributed by atoms with van der Waals surface area (Å²) in [5.74, 6) is 6.87. The van der Waals surface area contributed by atoms with Crippen molar-refractivity contribution in [1.29, 1.82) is 0 Å². The molecule has 1 aromatic heterocycles. The molecular weight excluding hydrogens is 312 g/mol. The molecule has 5 N–H and O–H groups in total. The van der Waals surface area contributed by atoms with Gasteiger partial charge in [-0.05, 0) is 12.1 Å². The first-order valence-electron chi connectivity index (χ1n) is 6.87. The third-order valence-corrected chi connectivity index (χ3v) is 3.18. The van der Waals surface area contributed by atoms with Crippen molar-refractivity contribution in [3.8, 4) is 29.1 Å². The van der Waals surface area contributed by atoms with Gasteiger partial charge in [-0.1, -0.05) is 11.8 Å². The molecule has 0 fully saturated rings. The van der Waals surface area contributed by atoms with E-state index in [-0.39, 0.29) is 11.8 Å². The summed E-state index contributed by atoms with van der Waals surface area (Å²) in [6, 6.07) is 3.23. The largest absolute Gasteiger partial charge is 0.493 e. The smallest absolute Gasteiger partial charge is 0.221 e. The first-order valence-corrected chi connectivity index (χ1v) is 6.87. The van der Waals surface area contributed by atoms with Crippen molar-refractivity contribution >= 4 is 11.8 Å². The van der Waals surface area contributed by atoms with E-state index < -0.39 is 6.10 Å². The predicted molar refractivity (Wildman–Crippen MR) is 88.8 cm³/mol. The third-order valence-electron chi connectivity index (χ3n) is 3.18. The zero-order valence-electron chi connectivity index (χ0n) is 13.5. The van der Waals surface area contributed by atoms with Crippen LogP contribution in [0.1, 0.15) is 17.2 Å². The molecule has 0 aliphatic carbocycles. The third kappa shape index (κ3) is 3.59. The number of aliphatic hydroxyl groups is 1. The minimum Gasteiger partial charge on any atom is -0.493 e. The van der Waals surface area contributed by atoms with Crippen molar-refractivity contribution in [2.45, 2.75) is 6.10 Å². The number of anilines is 2. The molecule has 2 rings (SSSR count). The molecule has 1 aromatic carbocycles. The van der Waals surface area contributed by atoms with Crippen molar-refractivity contribution in [2.24, 2.45) is 0 Å². The van der Waals surface area contributed by atoms with Crippen LogP contribution in [0.2, 0.25) is 0 Å². The summed E-state index contributed by atoms with van der Waals surface area (Å²) in [7, 11) is 4.48. The Bertz CT molecular complexity index is 773. The van der Waals surface area contributed by atoms with Crippen LogP contribution < -0.4 is 25.7 Å². The second-order valence-electron chi connectivity index (χ2n) is 4.66. The molecule has 1 atom stereocenters. The summed E-state index contributed by atoms with van der Waals surface area (Å²) in [5.41, 5.74) is 12.0. The van der Waals surface area contributed by atoms with E-state index in [9.17, 15) is 5.11 Å². The van der Waals surface area contributed by atoms with E-state index in [2.05, 4.69) is 21.8 Å². The van der Waals surface area contributed by atoms with Crippen molar-refractivity contribution in [3.05, 3.63) is 29.5 Å². The normalized spacial score (nSPS) is 11.2. The lowest BCUT2D eigenvalue weighted by molar-refractivity contribution is 0.236. The first kappa shape index (κ1) is 17.2. The Morgan fingerprint density at radius 1 is 1.08 bits per heavy atom. The van der Waals surface area contributed by atoms with Gasteiger partial charge in [0.05, 0.1) is 33.1 Å². The molecule has 126 valence electrons. The van der Waals surface area contributed by atoms with Crippen molar-refractivity contribution < 1.29 is 19.3 Å². The van der Waals surface area contributed by atoms with Gasteiger partial charge in [0.1, 0.15) is 11.9 Å².